The summed E-state index contributed by atoms with van der Waals surface area (Å²) in [6, 6.07) is 73.4. The highest BCUT2D eigenvalue weighted by atomic mass is 15.1. The van der Waals surface area contributed by atoms with Gasteiger partial charge >= 0.3 is 0 Å². The number of nitrogens with zero attached hydrogens (tertiary/aromatic N) is 1. The van der Waals surface area contributed by atoms with Gasteiger partial charge in [0.15, 0.2) is 0 Å². The molecule has 1 aliphatic rings. The third-order valence-electron chi connectivity index (χ3n) is 11.4. The highest BCUT2D eigenvalue weighted by molar-refractivity contribution is 5.98. The van der Waals surface area contributed by atoms with Crippen molar-refractivity contribution >= 4 is 38.6 Å². The summed E-state index contributed by atoms with van der Waals surface area (Å²) in [7, 11) is 0. The normalized spacial score (nSPS) is 12.8. The van der Waals surface area contributed by atoms with Gasteiger partial charge in [-0.2, -0.15) is 0 Å². The van der Waals surface area contributed by atoms with Crippen molar-refractivity contribution in [3.05, 3.63) is 211 Å². The Morgan fingerprint density at radius 3 is 1.39 bits per heavy atom. The number of anilines is 3. The molecule has 1 aliphatic carbocycles. The first-order chi connectivity index (χ1) is 26.5. The number of fused-ring (bicyclic) bond motifs is 5. The van der Waals surface area contributed by atoms with Gasteiger partial charge in [-0.3, -0.25) is 0 Å². The van der Waals surface area contributed by atoms with Gasteiger partial charge in [0.05, 0.1) is 0 Å². The van der Waals surface area contributed by atoms with Crippen molar-refractivity contribution in [1.29, 1.82) is 0 Å². The SMILES string of the molecule is CC1(C)c2cc(-c3ccc(N(c4ccc5ccccc5c4)c4ccc5ccccc5c4)cc3)c(-c3ccccc3)cc2-c2c(-c3ccccc3)cccc21. The maximum atomic E-state index is 2.48. The predicted octanol–water partition coefficient (Wildman–Crippen LogP) is 14.8. The monoisotopic (exact) mass is 689 g/mol. The van der Waals surface area contributed by atoms with Crippen LogP contribution < -0.4 is 4.90 Å². The van der Waals surface area contributed by atoms with Gasteiger partial charge in [0.1, 0.15) is 0 Å². The number of benzene rings is 9. The summed E-state index contributed by atoms with van der Waals surface area (Å²) in [5.74, 6) is 0. The Morgan fingerprint density at radius 2 is 0.796 bits per heavy atom. The van der Waals surface area contributed by atoms with E-state index in [0.29, 0.717) is 0 Å². The van der Waals surface area contributed by atoms with E-state index in [1.165, 1.54) is 77.2 Å². The molecule has 0 aromatic heterocycles. The zero-order valence-electron chi connectivity index (χ0n) is 30.5. The molecule has 0 aliphatic heterocycles. The molecule has 10 rings (SSSR count). The largest absolute Gasteiger partial charge is 0.310 e. The average molecular weight is 690 g/mol. The van der Waals surface area contributed by atoms with E-state index in [2.05, 4.69) is 219 Å². The molecule has 9 aromatic carbocycles. The summed E-state index contributed by atoms with van der Waals surface area (Å²) < 4.78 is 0. The fourth-order valence-electron chi connectivity index (χ4n) is 8.65. The lowest BCUT2D eigenvalue weighted by Gasteiger charge is -2.27. The summed E-state index contributed by atoms with van der Waals surface area (Å²) in [4.78, 5) is 2.38. The van der Waals surface area contributed by atoms with Crippen molar-refractivity contribution in [3.63, 3.8) is 0 Å². The number of hydrogen-bond acceptors (Lipinski definition) is 1. The van der Waals surface area contributed by atoms with Crippen LogP contribution in [0.15, 0.2) is 200 Å². The molecule has 0 heterocycles. The zero-order chi connectivity index (χ0) is 36.2. The van der Waals surface area contributed by atoms with E-state index in [1.54, 1.807) is 0 Å². The van der Waals surface area contributed by atoms with E-state index in [1.807, 2.05) is 0 Å². The van der Waals surface area contributed by atoms with Gasteiger partial charge in [0.2, 0.25) is 0 Å². The Labute approximate surface area is 317 Å². The molecule has 0 bridgehead atoms. The van der Waals surface area contributed by atoms with Gasteiger partial charge in [-0.05, 0) is 126 Å². The number of rotatable bonds is 6. The van der Waals surface area contributed by atoms with E-state index in [4.69, 9.17) is 0 Å². The second-order valence-corrected chi connectivity index (χ2v) is 15.0. The van der Waals surface area contributed by atoms with Crippen LogP contribution in [-0.2, 0) is 5.41 Å². The van der Waals surface area contributed by atoms with Crippen LogP contribution in [0.4, 0.5) is 17.1 Å². The summed E-state index contributed by atoms with van der Waals surface area (Å²) >= 11 is 0. The minimum atomic E-state index is -0.150. The lowest BCUT2D eigenvalue weighted by Crippen LogP contribution is -2.15. The van der Waals surface area contributed by atoms with Crippen LogP contribution >= 0.6 is 0 Å². The lowest BCUT2D eigenvalue weighted by molar-refractivity contribution is 0.661. The topological polar surface area (TPSA) is 3.24 Å². The van der Waals surface area contributed by atoms with E-state index in [9.17, 15) is 0 Å². The Balaban J connectivity index is 1.14. The van der Waals surface area contributed by atoms with Gasteiger partial charge in [0.25, 0.3) is 0 Å². The molecule has 0 spiro atoms. The average Bonchev–Trinajstić information content (AvgIpc) is 3.46. The molecular formula is C53H39N. The van der Waals surface area contributed by atoms with E-state index in [-0.39, 0.29) is 5.41 Å². The first-order valence-electron chi connectivity index (χ1n) is 18.8. The van der Waals surface area contributed by atoms with Crippen LogP contribution in [-0.4, -0.2) is 0 Å². The summed E-state index contributed by atoms with van der Waals surface area (Å²) in [6.07, 6.45) is 0. The molecule has 0 fully saturated rings. The quantitative estimate of drug-likeness (QED) is 0.168. The molecule has 0 atom stereocenters. The smallest absolute Gasteiger partial charge is 0.0468 e. The zero-order valence-corrected chi connectivity index (χ0v) is 30.5. The standard InChI is InChI=1S/C53H39N/c1-53(2)50-23-13-22-46(38-16-5-3-6-17-38)52(50)49-34-47(39-18-7-4-8-19-39)48(35-51(49)53)40-26-28-43(29-27-40)54(44-30-24-36-14-9-11-20-41(36)32-44)45-31-25-37-15-10-12-21-42(37)33-45/h3-35H,1-2H3. The van der Waals surface area contributed by atoms with E-state index in [0.717, 1.165) is 17.1 Å². The summed E-state index contributed by atoms with van der Waals surface area (Å²) in [5.41, 5.74) is 16.1. The fraction of sp³-hybridized carbons (Fsp3) is 0.0566. The molecule has 9 aromatic rings. The fourth-order valence-corrected chi connectivity index (χ4v) is 8.65. The molecule has 0 amide bonds. The second kappa shape index (κ2) is 12.8. The maximum Gasteiger partial charge on any atom is 0.0468 e. The van der Waals surface area contributed by atoms with Crippen molar-refractivity contribution in [3.8, 4) is 44.5 Å². The second-order valence-electron chi connectivity index (χ2n) is 15.0. The van der Waals surface area contributed by atoms with E-state index >= 15 is 0 Å². The molecular weight excluding hydrogens is 651 g/mol. The van der Waals surface area contributed by atoms with Crippen molar-refractivity contribution in [2.45, 2.75) is 19.3 Å². The molecule has 1 heteroatoms. The van der Waals surface area contributed by atoms with Crippen molar-refractivity contribution in [2.24, 2.45) is 0 Å². The van der Waals surface area contributed by atoms with Crippen LogP contribution in [0.25, 0.3) is 66.1 Å². The Bertz CT molecular complexity index is 2750. The minimum Gasteiger partial charge on any atom is -0.310 e. The first-order valence-corrected chi connectivity index (χ1v) is 18.8. The summed E-state index contributed by atoms with van der Waals surface area (Å²) in [6.45, 7) is 4.76. The summed E-state index contributed by atoms with van der Waals surface area (Å²) in [5, 5.41) is 4.92. The third kappa shape index (κ3) is 5.32. The third-order valence-corrected chi connectivity index (χ3v) is 11.4. The molecule has 1 nitrogen and oxygen atoms in total. The van der Waals surface area contributed by atoms with E-state index < -0.39 is 0 Å². The van der Waals surface area contributed by atoms with Gasteiger partial charge in [-0.25, -0.2) is 0 Å². The van der Waals surface area contributed by atoms with Crippen molar-refractivity contribution < 1.29 is 0 Å². The van der Waals surface area contributed by atoms with Crippen molar-refractivity contribution in [1.82, 2.24) is 0 Å². The van der Waals surface area contributed by atoms with Gasteiger partial charge < -0.3 is 4.90 Å². The van der Waals surface area contributed by atoms with Crippen LogP contribution in [0.3, 0.4) is 0 Å². The minimum absolute atomic E-state index is 0.150. The van der Waals surface area contributed by atoms with Gasteiger partial charge in [-0.1, -0.05) is 166 Å². The molecule has 256 valence electrons. The molecule has 0 saturated carbocycles. The van der Waals surface area contributed by atoms with Crippen LogP contribution in [0.1, 0.15) is 25.0 Å². The molecule has 0 N–H and O–H groups in total. The van der Waals surface area contributed by atoms with Gasteiger partial charge in [-0.15, -0.1) is 0 Å². The molecule has 0 radical (unpaired) electrons. The number of hydrogen-bond donors (Lipinski definition) is 0. The lowest BCUT2D eigenvalue weighted by atomic mass is 9.80. The van der Waals surface area contributed by atoms with Gasteiger partial charge in [0, 0.05) is 22.5 Å². The van der Waals surface area contributed by atoms with Crippen LogP contribution in [0.2, 0.25) is 0 Å². The van der Waals surface area contributed by atoms with Crippen LogP contribution in [0.5, 0.6) is 0 Å². The molecule has 54 heavy (non-hydrogen) atoms. The Hall–Kier alpha value is -6.70. The predicted molar refractivity (Wildman–Crippen MR) is 230 cm³/mol. The van der Waals surface area contributed by atoms with Crippen LogP contribution in [0, 0.1) is 0 Å². The highest BCUT2D eigenvalue weighted by Crippen LogP contribution is 2.54. The Kier molecular flexibility index (Phi) is 7.56. The highest BCUT2D eigenvalue weighted by Gasteiger charge is 2.38. The molecule has 0 saturated heterocycles. The Morgan fingerprint density at radius 1 is 0.315 bits per heavy atom. The maximum absolute atomic E-state index is 2.48. The first kappa shape index (κ1) is 32.0. The van der Waals surface area contributed by atoms with Crippen molar-refractivity contribution in [2.75, 3.05) is 4.90 Å². The molecule has 0 unspecified atom stereocenters.